The quantitative estimate of drug-likeness (QED) is 0.328. The lowest BCUT2D eigenvalue weighted by Gasteiger charge is -1.95. The first-order chi connectivity index (χ1) is 5.68. The number of aldehydes is 1. The molecule has 0 saturated heterocycles. The summed E-state index contributed by atoms with van der Waals surface area (Å²) < 4.78 is 0. The molecule has 0 aromatic rings. The van der Waals surface area contributed by atoms with Crippen LogP contribution in [0.4, 0.5) is 0 Å². The van der Waals surface area contributed by atoms with E-state index in [1.165, 1.54) is 6.92 Å². The zero-order chi connectivity index (χ0) is 9.40. The van der Waals surface area contributed by atoms with Crippen molar-refractivity contribution in [3.8, 4) is 0 Å². The molecule has 3 heteroatoms. The van der Waals surface area contributed by atoms with E-state index in [0.717, 1.165) is 19.1 Å². The number of hydrogen-bond donors (Lipinski definition) is 0. The highest BCUT2D eigenvalue weighted by Gasteiger charge is 2.05. The van der Waals surface area contributed by atoms with Crippen molar-refractivity contribution in [2.45, 2.75) is 39.0 Å². The summed E-state index contributed by atoms with van der Waals surface area (Å²) in [6.07, 6.45) is 4.12. The molecule has 0 aliphatic carbocycles. The number of carbonyl (C=O) groups is 3. The average Bonchev–Trinajstić information content (AvgIpc) is 2.03. The van der Waals surface area contributed by atoms with Gasteiger partial charge < -0.3 is 4.79 Å². The van der Waals surface area contributed by atoms with Gasteiger partial charge >= 0.3 is 0 Å². The Hall–Kier alpha value is -0.990. The number of rotatable bonds is 7. The maximum Gasteiger partial charge on any atom is 0.198 e. The third kappa shape index (κ3) is 5.77. The van der Waals surface area contributed by atoms with Gasteiger partial charge in [0.1, 0.15) is 6.29 Å². The van der Waals surface area contributed by atoms with E-state index in [2.05, 4.69) is 0 Å². The fraction of sp³-hybridized carbons (Fsp3) is 0.667. The number of ketones is 2. The standard InChI is InChI=1S/C9H14O3/c1-8(11)9(12)6-4-2-3-5-7-10/h7H,2-6H2,1H3. The lowest BCUT2D eigenvalue weighted by molar-refractivity contribution is -0.135. The molecule has 0 rings (SSSR count). The van der Waals surface area contributed by atoms with Crippen molar-refractivity contribution in [1.82, 2.24) is 0 Å². The van der Waals surface area contributed by atoms with Gasteiger partial charge in [0.05, 0.1) is 0 Å². The van der Waals surface area contributed by atoms with E-state index in [1.807, 2.05) is 0 Å². The Morgan fingerprint density at radius 2 is 1.83 bits per heavy atom. The van der Waals surface area contributed by atoms with Gasteiger partial charge in [-0.2, -0.15) is 0 Å². The van der Waals surface area contributed by atoms with Crippen LogP contribution in [0.2, 0.25) is 0 Å². The highest BCUT2D eigenvalue weighted by atomic mass is 16.2. The molecular weight excluding hydrogens is 156 g/mol. The SMILES string of the molecule is CC(=O)C(=O)CCCCCC=O. The molecular formula is C9H14O3. The third-order valence-electron chi connectivity index (χ3n) is 1.62. The largest absolute Gasteiger partial charge is 0.303 e. The Bertz CT molecular complexity index is 173. The summed E-state index contributed by atoms with van der Waals surface area (Å²) in [6.45, 7) is 1.29. The first-order valence-corrected chi connectivity index (χ1v) is 4.16. The highest BCUT2D eigenvalue weighted by molar-refractivity contribution is 6.36. The lowest BCUT2D eigenvalue weighted by Crippen LogP contribution is -2.08. The summed E-state index contributed by atoms with van der Waals surface area (Å²) in [5, 5.41) is 0. The van der Waals surface area contributed by atoms with E-state index in [1.54, 1.807) is 0 Å². The minimum absolute atomic E-state index is 0.305. The second kappa shape index (κ2) is 6.70. The second-order valence-electron chi connectivity index (χ2n) is 2.75. The maximum atomic E-state index is 10.8. The monoisotopic (exact) mass is 170 g/mol. The molecule has 0 fully saturated rings. The third-order valence-corrected chi connectivity index (χ3v) is 1.62. The fourth-order valence-corrected chi connectivity index (χ4v) is 0.866. The summed E-state index contributed by atoms with van der Waals surface area (Å²) in [4.78, 5) is 31.1. The molecule has 68 valence electrons. The van der Waals surface area contributed by atoms with Crippen molar-refractivity contribution < 1.29 is 14.4 Å². The Morgan fingerprint density at radius 3 is 2.33 bits per heavy atom. The first-order valence-electron chi connectivity index (χ1n) is 4.16. The van der Waals surface area contributed by atoms with Crippen molar-refractivity contribution in [3.05, 3.63) is 0 Å². The predicted molar refractivity (Wildman–Crippen MR) is 44.8 cm³/mol. The van der Waals surface area contributed by atoms with Crippen LogP contribution in [0.5, 0.6) is 0 Å². The van der Waals surface area contributed by atoms with E-state index in [9.17, 15) is 14.4 Å². The van der Waals surface area contributed by atoms with Gasteiger partial charge in [-0.05, 0) is 12.8 Å². The summed E-state index contributed by atoms with van der Waals surface area (Å²) in [7, 11) is 0. The van der Waals surface area contributed by atoms with Crippen LogP contribution in [0.15, 0.2) is 0 Å². The van der Waals surface area contributed by atoms with E-state index in [-0.39, 0.29) is 11.6 Å². The Kier molecular flexibility index (Phi) is 6.15. The van der Waals surface area contributed by atoms with Crippen LogP contribution in [-0.4, -0.2) is 17.9 Å². The average molecular weight is 170 g/mol. The van der Waals surface area contributed by atoms with Crippen molar-refractivity contribution >= 4 is 17.9 Å². The van der Waals surface area contributed by atoms with Gasteiger partial charge in [0.25, 0.3) is 0 Å². The predicted octanol–water partition coefficient (Wildman–Crippen LogP) is 1.29. The van der Waals surface area contributed by atoms with E-state index in [0.29, 0.717) is 19.3 Å². The lowest BCUT2D eigenvalue weighted by atomic mass is 10.1. The molecule has 0 saturated carbocycles. The minimum atomic E-state index is -0.370. The fourth-order valence-electron chi connectivity index (χ4n) is 0.866. The topological polar surface area (TPSA) is 51.2 Å². The van der Waals surface area contributed by atoms with Crippen LogP contribution in [-0.2, 0) is 14.4 Å². The van der Waals surface area contributed by atoms with Gasteiger partial charge in [-0.3, -0.25) is 9.59 Å². The smallest absolute Gasteiger partial charge is 0.198 e. The normalized spacial score (nSPS) is 9.42. The number of unbranched alkanes of at least 4 members (excludes halogenated alkanes) is 3. The molecule has 3 nitrogen and oxygen atoms in total. The molecule has 0 N–H and O–H groups in total. The number of hydrogen-bond acceptors (Lipinski definition) is 3. The second-order valence-corrected chi connectivity index (χ2v) is 2.75. The van der Waals surface area contributed by atoms with Crippen LogP contribution in [0.3, 0.4) is 0 Å². The van der Waals surface area contributed by atoms with Gasteiger partial charge in [-0.15, -0.1) is 0 Å². The number of Topliss-reactive ketones (excluding diaryl/α,β-unsaturated/α-hetero) is 2. The van der Waals surface area contributed by atoms with Crippen molar-refractivity contribution in [2.75, 3.05) is 0 Å². The Balaban J connectivity index is 3.25. The molecule has 0 radical (unpaired) electrons. The first kappa shape index (κ1) is 11.0. The molecule has 0 unspecified atom stereocenters. The van der Waals surface area contributed by atoms with Gasteiger partial charge in [-0.1, -0.05) is 6.42 Å². The molecule has 0 bridgehead atoms. The molecule has 0 aliphatic rings. The Labute approximate surface area is 72.1 Å². The van der Waals surface area contributed by atoms with Crippen molar-refractivity contribution in [2.24, 2.45) is 0 Å². The molecule has 0 spiro atoms. The van der Waals surface area contributed by atoms with Gasteiger partial charge in [-0.25, -0.2) is 0 Å². The summed E-state index contributed by atoms with van der Waals surface area (Å²) >= 11 is 0. The Morgan fingerprint density at radius 1 is 1.17 bits per heavy atom. The zero-order valence-electron chi connectivity index (χ0n) is 7.34. The molecule has 0 aromatic carbocycles. The molecule has 0 amide bonds. The van der Waals surface area contributed by atoms with Crippen LogP contribution in [0.25, 0.3) is 0 Å². The van der Waals surface area contributed by atoms with E-state index in [4.69, 9.17) is 0 Å². The van der Waals surface area contributed by atoms with Crippen molar-refractivity contribution in [3.63, 3.8) is 0 Å². The molecule has 0 aliphatic heterocycles. The minimum Gasteiger partial charge on any atom is -0.303 e. The summed E-state index contributed by atoms with van der Waals surface area (Å²) in [6, 6.07) is 0. The maximum absolute atomic E-state index is 10.8. The molecule has 12 heavy (non-hydrogen) atoms. The summed E-state index contributed by atoms with van der Waals surface area (Å²) in [5.74, 6) is -0.675. The van der Waals surface area contributed by atoms with Gasteiger partial charge in [0.15, 0.2) is 11.6 Å². The van der Waals surface area contributed by atoms with Crippen LogP contribution in [0.1, 0.15) is 39.0 Å². The molecule has 0 heterocycles. The van der Waals surface area contributed by atoms with Gasteiger partial charge in [0.2, 0.25) is 0 Å². The van der Waals surface area contributed by atoms with Gasteiger partial charge in [0, 0.05) is 19.8 Å². The highest BCUT2D eigenvalue weighted by Crippen LogP contribution is 2.02. The zero-order valence-corrected chi connectivity index (χ0v) is 7.34. The van der Waals surface area contributed by atoms with Crippen LogP contribution in [0, 0.1) is 0 Å². The summed E-state index contributed by atoms with van der Waals surface area (Å²) in [5.41, 5.74) is 0. The molecule has 0 aromatic heterocycles. The van der Waals surface area contributed by atoms with Crippen LogP contribution >= 0.6 is 0 Å². The van der Waals surface area contributed by atoms with E-state index < -0.39 is 0 Å². The van der Waals surface area contributed by atoms with E-state index >= 15 is 0 Å². The van der Waals surface area contributed by atoms with Crippen molar-refractivity contribution in [1.29, 1.82) is 0 Å². The number of carbonyl (C=O) groups excluding carboxylic acids is 3. The van der Waals surface area contributed by atoms with Crippen LogP contribution < -0.4 is 0 Å². The molecule has 0 atom stereocenters.